The predicted octanol–water partition coefficient (Wildman–Crippen LogP) is 6.23. The molecule has 0 amide bonds. The number of esters is 4. The molecule has 11 nitrogen and oxygen atoms in total. The van der Waals surface area contributed by atoms with Crippen LogP contribution >= 0.6 is 0 Å². The molecule has 2 heterocycles. The Bertz CT molecular complexity index is 1250. The van der Waals surface area contributed by atoms with Crippen LogP contribution < -0.4 is 0 Å². The summed E-state index contributed by atoms with van der Waals surface area (Å²) in [6.07, 6.45) is 7.08. The van der Waals surface area contributed by atoms with E-state index in [1.807, 2.05) is 13.8 Å². The molecule has 264 valence electrons. The molecule has 3 fully saturated rings. The molecule has 2 bridgehead atoms. The first-order chi connectivity index (χ1) is 22.1. The molecule has 1 aromatic heterocycles. The highest BCUT2D eigenvalue weighted by molar-refractivity contribution is 5.86. The molecule has 2 saturated carbocycles. The number of hydrogen-bond donors (Lipinski definition) is 1. The Labute approximate surface area is 278 Å². The van der Waals surface area contributed by atoms with E-state index in [4.69, 9.17) is 28.1 Å². The average molecular weight is 663 g/mol. The molecule has 2 aliphatic carbocycles. The molecule has 1 aliphatic heterocycles. The highest BCUT2D eigenvalue weighted by atomic mass is 16.6. The number of carbonyl (C=O) groups is 4. The molecule has 1 spiro atoms. The van der Waals surface area contributed by atoms with Crippen LogP contribution in [0.15, 0.2) is 22.8 Å². The van der Waals surface area contributed by atoms with Gasteiger partial charge in [0.2, 0.25) is 5.76 Å². The molecule has 8 atom stereocenters. The third-order valence-electron chi connectivity index (χ3n) is 10.7. The van der Waals surface area contributed by atoms with Crippen molar-refractivity contribution in [3.05, 3.63) is 24.2 Å². The highest BCUT2D eigenvalue weighted by Gasteiger charge is 2.84. The van der Waals surface area contributed by atoms with Gasteiger partial charge in [0, 0.05) is 32.6 Å². The minimum atomic E-state index is -1.80. The number of unbranched alkanes of at least 4 members (excludes halogenated alkanes) is 8. The maximum atomic E-state index is 13.5. The zero-order valence-electron chi connectivity index (χ0n) is 29.1. The smallest absolute Gasteiger partial charge is 0.374 e. The maximum absolute atomic E-state index is 13.5. The zero-order chi connectivity index (χ0) is 34.6. The summed E-state index contributed by atoms with van der Waals surface area (Å²) in [5.41, 5.74) is -6.06. The quantitative estimate of drug-likeness (QED) is 0.129. The Kier molecular flexibility index (Phi) is 11.5. The van der Waals surface area contributed by atoms with Gasteiger partial charge in [-0.05, 0) is 52.7 Å². The standard InChI is InChI=1S/C36H54O11/c1-8-9-10-11-12-13-14-15-16-19-29(39)46-30-25-21-28(45-32(40)26-18-17-20-42-26)35(7)31(44-24(3)38)27(43-23(2)37)22-34(6,41)36(30,35)47-33(25,4)5/h17-18,20,25,27-28,30-31,41H,8-16,19,21-22H2,1-7H3/t25-,27+,28+,30-,31+,34+,35-,36+/m1/s1. The fourth-order valence-electron chi connectivity index (χ4n) is 8.55. The molecule has 4 rings (SSSR count). The van der Waals surface area contributed by atoms with E-state index in [1.54, 1.807) is 19.9 Å². The number of carbonyl (C=O) groups excluding carboxylic acids is 4. The fourth-order valence-corrected chi connectivity index (χ4v) is 8.55. The zero-order valence-corrected chi connectivity index (χ0v) is 29.1. The van der Waals surface area contributed by atoms with Crippen LogP contribution in [-0.2, 0) is 38.1 Å². The van der Waals surface area contributed by atoms with Crippen LogP contribution in [-0.4, -0.2) is 70.2 Å². The Morgan fingerprint density at radius 1 is 0.851 bits per heavy atom. The van der Waals surface area contributed by atoms with E-state index in [2.05, 4.69) is 6.92 Å². The van der Waals surface area contributed by atoms with Crippen LogP contribution in [0.1, 0.15) is 136 Å². The van der Waals surface area contributed by atoms with E-state index < -0.39 is 76.4 Å². The number of rotatable bonds is 15. The lowest BCUT2D eigenvalue weighted by Crippen LogP contribution is -2.81. The minimum Gasteiger partial charge on any atom is -0.459 e. The van der Waals surface area contributed by atoms with Crippen molar-refractivity contribution in [2.45, 2.75) is 167 Å². The van der Waals surface area contributed by atoms with Gasteiger partial charge in [0.25, 0.3) is 0 Å². The number of furan rings is 1. The normalized spacial score (nSPS) is 33.8. The van der Waals surface area contributed by atoms with Gasteiger partial charge in [-0.2, -0.15) is 0 Å². The van der Waals surface area contributed by atoms with Crippen LogP contribution in [0, 0.1) is 11.3 Å². The van der Waals surface area contributed by atoms with E-state index in [-0.39, 0.29) is 25.0 Å². The second kappa shape index (κ2) is 14.7. The summed E-state index contributed by atoms with van der Waals surface area (Å²) >= 11 is 0. The van der Waals surface area contributed by atoms with E-state index >= 15 is 0 Å². The molecule has 11 heteroatoms. The first-order valence-corrected chi connectivity index (χ1v) is 17.3. The molecule has 0 aromatic carbocycles. The van der Waals surface area contributed by atoms with Gasteiger partial charge >= 0.3 is 23.9 Å². The minimum absolute atomic E-state index is 0.0344. The van der Waals surface area contributed by atoms with Gasteiger partial charge in [0.15, 0.2) is 6.10 Å². The molecule has 1 N–H and O–H groups in total. The number of hydrogen-bond acceptors (Lipinski definition) is 11. The SMILES string of the molecule is CCCCCCCCCCCC(=O)O[C@@H]1[C@H]2C[C@H](OC(=O)c3ccco3)[C@]3(C)[C@@H](OC(C)=O)[C@@H](OC(C)=O)C[C@](C)(O)[C@@]13OC2(C)C. The molecule has 1 saturated heterocycles. The Morgan fingerprint density at radius 3 is 2.04 bits per heavy atom. The number of fused-ring (bicyclic) bond motifs is 1. The van der Waals surface area contributed by atoms with E-state index in [0.717, 1.165) is 19.3 Å². The summed E-state index contributed by atoms with van der Waals surface area (Å²) in [6.45, 7) is 11.6. The van der Waals surface area contributed by atoms with E-state index in [1.165, 1.54) is 58.3 Å². The lowest BCUT2D eigenvalue weighted by Gasteiger charge is -2.65. The van der Waals surface area contributed by atoms with Crippen molar-refractivity contribution in [2.75, 3.05) is 0 Å². The molecule has 1 aromatic rings. The molecular weight excluding hydrogens is 608 g/mol. The first kappa shape index (κ1) is 36.9. The van der Waals surface area contributed by atoms with Gasteiger partial charge < -0.3 is 33.2 Å². The van der Waals surface area contributed by atoms with Crippen LogP contribution in [0.25, 0.3) is 0 Å². The summed E-state index contributed by atoms with van der Waals surface area (Å²) in [7, 11) is 0. The Hall–Kier alpha value is -2.92. The highest BCUT2D eigenvalue weighted by Crippen LogP contribution is 2.69. The lowest BCUT2D eigenvalue weighted by molar-refractivity contribution is -0.344. The van der Waals surface area contributed by atoms with Gasteiger partial charge in [0.05, 0.1) is 22.9 Å². The Balaban J connectivity index is 1.67. The molecule has 0 unspecified atom stereocenters. The van der Waals surface area contributed by atoms with Crippen molar-refractivity contribution < 1.29 is 52.4 Å². The Morgan fingerprint density at radius 2 is 1.47 bits per heavy atom. The summed E-state index contributed by atoms with van der Waals surface area (Å²) in [6, 6.07) is 3.03. The van der Waals surface area contributed by atoms with E-state index in [0.29, 0.717) is 6.42 Å². The van der Waals surface area contributed by atoms with Crippen molar-refractivity contribution in [1.29, 1.82) is 0 Å². The van der Waals surface area contributed by atoms with Gasteiger partial charge in [-0.3, -0.25) is 14.4 Å². The molecule has 0 radical (unpaired) electrons. The second-order valence-electron chi connectivity index (χ2n) is 14.6. The molecule has 3 aliphatic rings. The van der Waals surface area contributed by atoms with Crippen molar-refractivity contribution >= 4 is 23.9 Å². The number of ether oxygens (including phenoxy) is 5. The lowest BCUT2D eigenvalue weighted by atomic mass is 9.47. The third kappa shape index (κ3) is 7.26. The maximum Gasteiger partial charge on any atom is 0.374 e. The van der Waals surface area contributed by atoms with Crippen LogP contribution in [0.5, 0.6) is 0 Å². The number of aliphatic hydroxyl groups is 1. The van der Waals surface area contributed by atoms with Gasteiger partial charge in [0.1, 0.15) is 23.9 Å². The van der Waals surface area contributed by atoms with Gasteiger partial charge in [-0.15, -0.1) is 0 Å². The summed E-state index contributed by atoms with van der Waals surface area (Å²) < 4.78 is 36.2. The fraction of sp³-hybridized carbons (Fsp3) is 0.778. The average Bonchev–Trinajstić information content (AvgIpc) is 3.57. The molecular formula is C36H54O11. The second-order valence-corrected chi connectivity index (χ2v) is 14.6. The van der Waals surface area contributed by atoms with E-state index in [9.17, 15) is 24.3 Å². The van der Waals surface area contributed by atoms with Crippen molar-refractivity contribution in [3.63, 3.8) is 0 Å². The first-order valence-electron chi connectivity index (χ1n) is 17.3. The summed E-state index contributed by atoms with van der Waals surface area (Å²) in [4.78, 5) is 51.8. The van der Waals surface area contributed by atoms with Gasteiger partial charge in [-0.25, -0.2) is 4.79 Å². The predicted molar refractivity (Wildman–Crippen MR) is 170 cm³/mol. The van der Waals surface area contributed by atoms with Crippen molar-refractivity contribution in [1.82, 2.24) is 0 Å². The topological polar surface area (TPSA) is 148 Å². The monoisotopic (exact) mass is 662 g/mol. The van der Waals surface area contributed by atoms with Crippen LogP contribution in [0.2, 0.25) is 0 Å². The van der Waals surface area contributed by atoms with Crippen LogP contribution in [0.4, 0.5) is 0 Å². The third-order valence-corrected chi connectivity index (χ3v) is 10.7. The summed E-state index contributed by atoms with van der Waals surface area (Å²) in [5, 5.41) is 12.4. The summed E-state index contributed by atoms with van der Waals surface area (Å²) in [5.74, 6) is -3.03. The molecule has 47 heavy (non-hydrogen) atoms. The van der Waals surface area contributed by atoms with Crippen LogP contribution in [0.3, 0.4) is 0 Å². The van der Waals surface area contributed by atoms with Crippen molar-refractivity contribution in [3.8, 4) is 0 Å². The van der Waals surface area contributed by atoms with Gasteiger partial charge in [-0.1, -0.05) is 58.3 Å². The largest absolute Gasteiger partial charge is 0.459 e. The van der Waals surface area contributed by atoms with Crippen molar-refractivity contribution in [2.24, 2.45) is 11.3 Å².